The van der Waals surface area contributed by atoms with Crippen molar-refractivity contribution >= 4 is 20.5 Å². The molecule has 12 aliphatic rings. The molecule has 2 amide bonds. The second-order valence-corrected chi connectivity index (χ2v) is 40.1. The van der Waals surface area contributed by atoms with Crippen LogP contribution in [-0.2, 0) is 23.4 Å². The number of aliphatic hydroxyl groups excluding tert-OH is 2. The van der Waals surface area contributed by atoms with Gasteiger partial charge in [0.25, 0.3) is 0 Å². The molecular formula is C73H124N2O9Si. The largest absolute Gasteiger partial charge is 0.443 e. The van der Waals surface area contributed by atoms with Crippen LogP contribution in [0.4, 0.5) is 9.59 Å². The highest BCUT2D eigenvalue weighted by molar-refractivity contribution is 6.73. The number of hydrogen-bond acceptors (Lipinski definition) is 9. The van der Waals surface area contributed by atoms with Crippen molar-refractivity contribution in [1.82, 2.24) is 9.80 Å². The summed E-state index contributed by atoms with van der Waals surface area (Å²) >= 11 is 0. The first kappa shape index (κ1) is 64.8. The summed E-state index contributed by atoms with van der Waals surface area (Å²) in [5, 5.41) is 23.4. The van der Waals surface area contributed by atoms with E-state index < -0.39 is 20.5 Å². The van der Waals surface area contributed by atoms with Gasteiger partial charge in [0.2, 0.25) is 0 Å². The van der Waals surface area contributed by atoms with Crippen molar-refractivity contribution in [2.45, 2.75) is 294 Å². The lowest BCUT2D eigenvalue weighted by molar-refractivity contribution is -0.185. The molecule has 26 atom stereocenters. The van der Waals surface area contributed by atoms with Crippen molar-refractivity contribution < 1.29 is 43.2 Å². The maximum atomic E-state index is 12.9. The molecule has 484 valence electrons. The van der Waals surface area contributed by atoms with Crippen LogP contribution in [0.1, 0.15) is 220 Å². The fraction of sp³-hybridized carbons (Fsp3) is 0.945. The third-order valence-corrected chi connectivity index (χ3v) is 36.1. The summed E-state index contributed by atoms with van der Waals surface area (Å²) in [7, 11) is 4.96. The summed E-state index contributed by atoms with van der Waals surface area (Å²) in [6, 6.07) is 3.47. The molecule has 2 N–H and O–H groups in total. The molecule has 12 rings (SSSR count). The van der Waals surface area contributed by atoms with Gasteiger partial charge in [-0.25, -0.2) is 9.59 Å². The van der Waals surface area contributed by atoms with Gasteiger partial charge in [0, 0.05) is 39.0 Å². The van der Waals surface area contributed by atoms with Gasteiger partial charge in [0.1, 0.15) is 6.10 Å². The van der Waals surface area contributed by atoms with Crippen LogP contribution in [0.5, 0.6) is 0 Å². The molecule has 10 aliphatic carbocycles. The molecule has 85 heavy (non-hydrogen) atoms. The summed E-state index contributed by atoms with van der Waals surface area (Å²) in [4.78, 5) is 28.4. The van der Waals surface area contributed by atoms with Crippen LogP contribution in [0.15, 0.2) is 12.2 Å². The van der Waals surface area contributed by atoms with E-state index in [1.807, 2.05) is 6.92 Å². The van der Waals surface area contributed by atoms with Gasteiger partial charge in [0.15, 0.2) is 14.4 Å². The van der Waals surface area contributed by atoms with Crippen molar-refractivity contribution in [2.75, 3.05) is 28.2 Å². The molecule has 0 aromatic rings. The van der Waals surface area contributed by atoms with E-state index in [2.05, 4.69) is 117 Å². The summed E-state index contributed by atoms with van der Waals surface area (Å²) in [5.41, 5.74) is 2.94. The Bertz CT molecular complexity index is 2560. The zero-order valence-corrected chi connectivity index (χ0v) is 58.8. The molecule has 2 heterocycles. The van der Waals surface area contributed by atoms with Gasteiger partial charge in [-0.2, -0.15) is 0 Å². The van der Waals surface area contributed by atoms with Crippen LogP contribution >= 0.6 is 0 Å². The van der Waals surface area contributed by atoms with Crippen molar-refractivity contribution in [3.05, 3.63) is 12.2 Å². The topological polar surface area (TPSA) is 127 Å². The highest BCUT2D eigenvalue weighted by atomic mass is 28.4. The molecule has 11 nitrogen and oxygen atoms in total. The fourth-order valence-corrected chi connectivity index (χ4v) is 29.2. The number of carbonyl (C=O) groups is 2. The van der Waals surface area contributed by atoms with Crippen LogP contribution in [0.25, 0.3) is 0 Å². The Morgan fingerprint density at radius 2 is 1.05 bits per heavy atom. The molecule has 2 unspecified atom stereocenters. The number of rotatable bonds is 11. The Hall–Kier alpha value is -1.70. The Kier molecular flexibility index (Phi) is 16.1. The van der Waals surface area contributed by atoms with E-state index in [1.165, 1.54) is 74.0 Å². The van der Waals surface area contributed by atoms with Crippen molar-refractivity contribution in [3.63, 3.8) is 0 Å². The first-order valence-corrected chi connectivity index (χ1v) is 37.8. The van der Waals surface area contributed by atoms with Crippen LogP contribution in [0.2, 0.25) is 18.1 Å². The Labute approximate surface area is 518 Å². The minimum absolute atomic E-state index is 0.0191. The lowest BCUT2D eigenvalue weighted by Crippen LogP contribution is -2.60. The normalized spacial score (nSPS) is 50.6. The molecule has 0 aromatic heterocycles. The lowest BCUT2D eigenvalue weighted by Gasteiger charge is -2.64. The molecule has 4 spiro atoms. The van der Waals surface area contributed by atoms with Gasteiger partial charge in [-0.15, -0.1) is 0 Å². The second-order valence-electron chi connectivity index (χ2n) is 35.4. The molecule has 12 fully saturated rings. The first-order valence-electron chi connectivity index (χ1n) is 35.3. The van der Waals surface area contributed by atoms with E-state index in [4.69, 9.17) is 23.4 Å². The zero-order chi connectivity index (χ0) is 62.3. The van der Waals surface area contributed by atoms with E-state index in [0.717, 1.165) is 74.1 Å². The second kappa shape index (κ2) is 21.2. The number of hydrogen-bond donors (Lipinski definition) is 2. The predicted molar refractivity (Wildman–Crippen MR) is 341 cm³/mol. The van der Waals surface area contributed by atoms with Crippen LogP contribution < -0.4 is 0 Å². The molecule has 0 bridgehead atoms. The fourth-order valence-electron chi connectivity index (χ4n) is 26.2. The number of fused-ring (bicyclic) bond motifs is 8. The Balaban J connectivity index is 0.000000179. The third-order valence-electron chi connectivity index (χ3n) is 31.5. The molecular weight excluding hydrogens is 1080 g/mol. The van der Waals surface area contributed by atoms with Gasteiger partial charge in [0.05, 0.1) is 42.7 Å². The van der Waals surface area contributed by atoms with Gasteiger partial charge < -0.3 is 43.4 Å². The quantitative estimate of drug-likeness (QED) is 0.154. The maximum Gasteiger partial charge on any atom is 0.409 e. The zero-order valence-electron chi connectivity index (χ0n) is 57.8. The van der Waals surface area contributed by atoms with Gasteiger partial charge in [-0.3, -0.25) is 0 Å². The number of aliphatic hydroxyl groups is 2. The average Bonchev–Trinajstić information content (AvgIpc) is 1.48. The van der Waals surface area contributed by atoms with E-state index in [0.29, 0.717) is 68.5 Å². The standard InChI is InChI=1S/C40H69NO4Si.C33H55NO5/c1-14-46(15-2,16-3)45-34-33-31(26(6)23-28(43-33)32(25(4)5)44-35(42)41(12)13)37(10)21-22-40-24-39(40)20-19-27(7)36(8,9)29(39)17-18-30(40)38(34,37)11;1-18(2)25(39-28(37)34(8)9)20-16-19(3)24-26(38-20)27(36)31(7)22-11-10-21-29(4,5)23(35)12-13-32(21)17-33(22,32)15-14-30(24,31)6/h26-34H,4,14-24H2,1-3,5-13H3;18-27,35-36H,10-17H2,1-9H3/t26-,27+,28-,29+,30+,31+,32-,33+,34+,37-,38-,39?,40+;19-,20-,21+,22+,23+,24+,25-,26+,27+,30-,31-,32?,33+/m11/s1. The molecule has 10 saturated carbocycles. The number of carbonyl (C=O) groups excluding carboxylic acids is 2. The van der Waals surface area contributed by atoms with Crippen LogP contribution in [0, 0.1) is 113 Å². The van der Waals surface area contributed by atoms with E-state index in [-0.39, 0.29) is 87.9 Å². The number of nitrogens with zero attached hydrogens (tertiary/aromatic N) is 2. The summed E-state index contributed by atoms with van der Waals surface area (Å²) in [6.45, 7) is 45.1. The lowest BCUT2D eigenvalue weighted by atomic mass is 9.41. The molecule has 0 radical (unpaired) electrons. The highest BCUT2D eigenvalue weighted by Gasteiger charge is 2.87. The third kappa shape index (κ3) is 8.61. The van der Waals surface area contributed by atoms with Gasteiger partial charge >= 0.3 is 12.2 Å². The Morgan fingerprint density at radius 1 is 0.600 bits per heavy atom. The smallest absolute Gasteiger partial charge is 0.409 e. The average molecular weight is 1200 g/mol. The highest BCUT2D eigenvalue weighted by Crippen LogP contribution is 2.91. The van der Waals surface area contributed by atoms with Crippen LogP contribution in [-0.4, -0.2) is 124 Å². The summed E-state index contributed by atoms with van der Waals surface area (Å²) in [5.74, 6) is 5.14. The first-order chi connectivity index (χ1) is 39.5. The molecule has 2 saturated heterocycles. The minimum atomic E-state index is -1.97. The molecule has 12 heteroatoms. The maximum absolute atomic E-state index is 12.9. The monoisotopic (exact) mass is 1200 g/mol. The predicted octanol–water partition coefficient (Wildman–Crippen LogP) is 16.0. The minimum Gasteiger partial charge on any atom is -0.443 e. The van der Waals surface area contributed by atoms with E-state index in [1.54, 1.807) is 28.2 Å². The SMILES string of the molecule is C=C(C)[C@@H](OC(=O)N(C)C)[C@H]1C[C@@H](C)[C@H]2[C@H](O1)[C@H](O[Si](CC)(CC)CC)[C@@]1(C)[C@@H]3CC[C@H]4C(C)(C)[C@@H](C)CCC45C[C@@]35CC[C@]21C.CC(C)[C@@H](OC(=O)N(C)C)[C@H]1C[C@@H](C)[C@H]2[C@H](O1)[C@H](O)[C@@]1(C)[C@@H]3CC[C@H]4C(C)(C)[C@@H](O)CCC45C[C@@]35CC[C@]21C. The van der Waals surface area contributed by atoms with Crippen molar-refractivity contribution in [1.29, 1.82) is 0 Å². The number of amides is 2. The molecule has 0 aromatic carbocycles. The van der Waals surface area contributed by atoms with E-state index >= 15 is 0 Å². The Morgan fingerprint density at radius 3 is 1.56 bits per heavy atom. The van der Waals surface area contributed by atoms with Crippen molar-refractivity contribution in [3.8, 4) is 0 Å². The van der Waals surface area contributed by atoms with E-state index in [9.17, 15) is 19.8 Å². The van der Waals surface area contributed by atoms with Crippen LogP contribution in [0.3, 0.4) is 0 Å². The van der Waals surface area contributed by atoms with Crippen molar-refractivity contribution in [2.24, 2.45) is 113 Å². The molecule has 2 aliphatic heterocycles. The summed E-state index contributed by atoms with van der Waals surface area (Å²) in [6.07, 6.45) is 16.9. The van der Waals surface area contributed by atoms with Gasteiger partial charge in [-0.05, 0) is 236 Å². The van der Waals surface area contributed by atoms with Gasteiger partial charge in [-0.1, -0.05) is 117 Å². The summed E-state index contributed by atoms with van der Waals surface area (Å²) < 4.78 is 34.3. The number of ether oxygens (including phenoxy) is 4.